The van der Waals surface area contributed by atoms with Crippen LogP contribution < -0.4 is 5.43 Å². The number of hydrazone groups is 1. The largest absolute Gasteiger partial charge is 0.340 e. The first kappa shape index (κ1) is 19.8. The summed E-state index contributed by atoms with van der Waals surface area (Å²) in [6.45, 7) is 2.83. The Labute approximate surface area is 181 Å². The SMILES string of the molecule is Cc1c(/C=N\Nc2ccc([N+](=O)[O-])cn2)c2ccccc2n1Cc1ccc(Br)cc1. The van der Waals surface area contributed by atoms with Gasteiger partial charge >= 0.3 is 0 Å². The van der Waals surface area contributed by atoms with E-state index in [1.54, 1.807) is 6.21 Å². The Morgan fingerprint density at radius 2 is 1.93 bits per heavy atom. The average Bonchev–Trinajstić information content (AvgIpc) is 3.01. The van der Waals surface area contributed by atoms with E-state index in [9.17, 15) is 10.1 Å². The van der Waals surface area contributed by atoms with Crippen molar-refractivity contribution in [3.8, 4) is 0 Å². The van der Waals surface area contributed by atoms with Crippen LogP contribution in [0.3, 0.4) is 0 Å². The molecule has 0 spiro atoms. The number of para-hydroxylation sites is 1. The number of benzene rings is 2. The molecule has 0 saturated carbocycles. The summed E-state index contributed by atoms with van der Waals surface area (Å²) in [7, 11) is 0. The Kier molecular flexibility index (Phi) is 5.58. The van der Waals surface area contributed by atoms with Gasteiger partial charge in [0.1, 0.15) is 12.0 Å². The van der Waals surface area contributed by atoms with Gasteiger partial charge in [0.15, 0.2) is 0 Å². The number of anilines is 1. The van der Waals surface area contributed by atoms with Crippen LogP contribution in [0.25, 0.3) is 10.9 Å². The second-order valence-corrected chi connectivity index (χ2v) is 7.67. The van der Waals surface area contributed by atoms with E-state index in [0.29, 0.717) is 5.82 Å². The predicted molar refractivity (Wildman–Crippen MR) is 122 cm³/mol. The molecular formula is C22H18BrN5O2. The number of fused-ring (bicyclic) bond motifs is 1. The van der Waals surface area contributed by atoms with Gasteiger partial charge in [-0.15, -0.1) is 0 Å². The average molecular weight is 464 g/mol. The van der Waals surface area contributed by atoms with Crippen molar-refractivity contribution in [2.45, 2.75) is 13.5 Å². The summed E-state index contributed by atoms with van der Waals surface area (Å²) in [5.41, 5.74) is 7.23. The maximum atomic E-state index is 10.7. The van der Waals surface area contributed by atoms with Crippen LogP contribution >= 0.6 is 15.9 Å². The van der Waals surface area contributed by atoms with Crippen LogP contribution in [0.2, 0.25) is 0 Å². The molecule has 2 heterocycles. The third kappa shape index (κ3) is 4.08. The van der Waals surface area contributed by atoms with E-state index in [-0.39, 0.29) is 5.69 Å². The number of nitrogens with one attached hydrogen (secondary N) is 1. The zero-order valence-electron chi connectivity index (χ0n) is 16.1. The van der Waals surface area contributed by atoms with E-state index in [1.807, 2.05) is 24.3 Å². The van der Waals surface area contributed by atoms with Crippen LogP contribution in [0.4, 0.5) is 11.5 Å². The minimum Gasteiger partial charge on any atom is -0.340 e. The van der Waals surface area contributed by atoms with E-state index in [1.165, 1.54) is 23.9 Å². The van der Waals surface area contributed by atoms with Gasteiger partial charge in [-0.2, -0.15) is 5.10 Å². The Morgan fingerprint density at radius 3 is 2.63 bits per heavy atom. The second kappa shape index (κ2) is 8.46. The highest BCUT2D eigenvalue weighted by atomic mass is 79.9. The van der Waals surface area contributed by atoms with E-state index in [2.05, 4.69) is 67.2 Å². The molecule has 7 nitrogen and oxygen atoms in total. The number of halogens is 1. The smallest absolute Gasteiger partial charge is 0.287 e. The normalized spacial score (nSPS) is 11.3. The third-order valence-electron chi connectivity index (χ3n) is 4.87. The Balaban J connectivity index is 1.62. The lowest BCUT2D eigenvalue weighted by atomic mass is 10.1. The van der Waals surface area contributed by atoms with Crippen molar-refractivity contribution in [3.63, 3.8) is 0 Å². The van der Waals surface area contributed by atoms with Gasteiger partial charge in [0.25, 0.3) is 5.69 Å². The van der Waals surface area contributed by atoms with Crippen molar-refractivity contribution in [2.24, 2.45) is 5.10 Å². The molecule has 0 bridgehead atoms. The fourth-order valence-corrected chi connectivity index (χ4v) is 3.58. The first-order valence-corrected chi connectivity index (χ1v) is 10.0. The van der Waals surface area contributed by atoms with Crippen molar-refractivity contribution in [1.82, 2.24) is 9.55 Å². The number of nitro groups is 1. The predicted octanol–water partition coefficient (Wildman–Crippen LogP) is 5.51. The first-order valence-electron chi connectivity index (χ1n) is 9.25. The maximum Gasteiger partial charge on any atom is 0.287 e. The number of nitrogens with zero attached hydrogens (tertiary/aromatic N) is 4. The molecule has 0 amide bonds. The lowest BCUT2D eigenvalue weighted by molar-refractivity contribution is -0.385. The minimum atomic E-state index is -0.482. The summed E-state index contributed by atoms with van der Waals surface area (Å²) in [6, 6.07) is 19.4. The molecule has 4 aromatic rings. The van der Waals surface area contributed by atoms with Gasteiger partial charge in [0.2, 0.25) is 0 Å². The highest BCUT2D eigenvalue weighted by molar-refractivity contribution is 9.10. The summed E-state index contributed by atoms with van der Waals surface area (Å²) in [6.07, 6.45) is 2.96. The van der Waals surface area contributed by atoms with E-state index >= 15 is 0 Å². The quantitative estimate of drug-likeness (QED) is 0.232. The highest BCUT2D eigenvalue weighted by Gasteiger charge is 2.13. The molecular weight excluding hydrogens is 446 g/mol. The number of hydrogen-bond acceptors (Lipinski definition) is 5. The maximum absolute atomic E-state index is 10.7. The van der Waals surface area contributed by atoms with E-state index < -0.39 is 4.92 Å². The number of pyridine rings is 1. The van der Waals surface area contributed by atoms with Crippen LogP contribution in [0.15, 0.2) is 76.4 Å². The van der Waals surface area contributed by atoms with Crippen LogP contribution in [0.1, 0.15) is 16.8 Å². The van der Waals surface area contributed by atoms with Crippen molar-refractivity contribution in [2.75, 3.05) is 5.43 Å². The molecule has 0 atom stereocenters. The summed E-state index contributed by atoms with van der Waals surface area (Å²) in [5, 5.41) is 16.1. The highest BCUT2D eigenvalue weighted by Crippen LogP contribution is 2.26. The summed E-state index contributed by atoms with van der Waals surface area (Å²) < 4.78 is 3.32. The van der Waals surface area contributed by atoms with Gasteiger partial charge < -0.3 is 4.57 Å². The fourth-order valence-electron chi connectivity index (χ4n) is 3.32. The molecule has 8 heteroatoms. The summed E-state index contributed by atoms with van der Waals surface area (Å²) >= 11 is 3.48. The molecule has 0 aliphatic heterocycles. The van der Waals surface area contributed by atoms with E-state index in [0.717, 1.165) is 33.2 Å². The third-order valence-corrected chi connectivity index (χ3v) is 5.39. The van der Waals surface area contributed by atoms with Crippen molar-refractivity contribution < 1.29 is 4.92 Å². The van der Waals surface area contributed by atoms with Gasteiger partial charge in [0, 0.05) is 39.2 Å². The molecule has 1 N–H and O–H groups in total. The monoisotopic (exact) mass is 463 g/mol. The Hall–Kier alpha value is -3.52. The lowest BCUT2D eigenvalue weighted by Crippen LogP contribution is -2.02. The minimum absolute atomic E-state index is 0.0589. The lowest BCUT2D eigenvalue weighted by Gasteiger charge is -2.09. The molecule has 4 rings (SSSR count). The second-order valence-electron chi connectivity index (χ2n) is 6.76. The molecule has 0 aliphatic carbocycles. The van der Waals surface area contributed by atoms with Gasteiger partial charge in [-0.05, 0) is 36.8 Å². The van der Waals surface area contributed by atoms with Gasteiger partial charge in [0.05, 0.1) is 11.1 Å². The van der Waals surface area contributed by atoms with Gasteiger partial charge in [-0.3, -0.25) is 15.5 Å². The van der Waals surface area contributed by atoms with Crippen molar-refractivity contribution in [3.05, 3.63) is 98.3 Å². The Morgan fingerprint density at radius 1 is 1.17 bits per heavy atom. The molecule has 2 aromatic heterocycles. The molecule has 0 unspecified atom stereocenters. The fraction of sp³-hybridized carbons (Fsp3) is 0.0909. The molecule has 0 saturated heterocycles. The topological polar surface area (TPSA) is 85.3 Å². The molecule has 0 fully saturated rings. The van der Waals surface area contributed by atoms with Crippen molar-refractivity contribution in [1.29, 1.82) is 0 Å². The zero-order chi connectivity index (χ0) is 21.1. The van der Waals surface area contributed by atoms with Gasteiger partial charge in [-0.1, -0.05) is 46.3 Å². The molecule has 150 valence electrons. The van der Waals surface area contributed by atoms with Crippen LogP contribution in [0, 0.1) is 17.0 Å². The number of hydrogen-bond donors (Lipinski definition) is 1. The van der Waals surface area contributed by atoms with Crippen LogP contribution in [-0.2, 0) is 6.54 Å². The first-order chi connectivity index (χ1) is 14.5. The zero-order valence-corrected chi connectivity index (χ0v) is 17.7. The summed E-state index contributed by atoms with van der Waals surface area (Å²) in [4.78, 5) is 14.3. The van der Waals surface area contributed by atoms with Crippen LogP contribution in [-0.4, -0.2) is 20.7 Å². The molecule has 0 radical (unpaired) electrons. The standard InChI is InChI=1S/C22H18BrN5O2/c1-15-20(13-25-26-22-11-10-18(12-24-22)28(29)30)19-4-2-3-5-21(19)27(15)14-16-6-8-17(23)9-7-16/h2-13H,14H2,1H3,(H,24,26)/b25-13-. The molecule has 0 aliphatic rings. The van der Waals surface area contributed by atoms with E-state index in [4.69, 9.17) is 0 Å². The molecule has 2 aromatic carbocycles. The number of rotatable bonds is 6. The summed E-state index contributed by atoms with van der Waals surface area (Å²) in [5.74, 6) is 0.438. The van der Waals surface area contributed by atoms with Crippen molar-refractivity contribution >= 4 is 44.6 Å². The Bertz CT molecular complexity index is 1230. The molecule has 30 heavy (non-hydrogen) atoms. The van der Waals surface area contributed by atoms with Crippen LogP contribution in [0.5, 0.6) is 0 Å². The van der Waals surface area contributed by atoms with Gasteiger partial charge in [-0.25, -0.2) is 4.98 Å². The number of aromatic nitrogens is 2.